The van der Waals surface area contributed by atoms with E-state index < -0.39 is 6.04 Å². The number of carbonyl (C=O) groups is 4. The number of hydrogen-bond donors (Lipinski definition) is 1. The highest BCUT2D eigenvalue weighted by molar-refractivity contribution is 6.21. The second kappa shape index (κ2) is 10.2. The number of rotatable bonds is 9. The van der Waals surface area contributed by atoms with Crippen molar-refractivity contribution in [3.8, 4) is 0 Å². The first kappa shape index (κ1) is 23.2. The quantitative estimate of drug-likeness (QED) is 0.614. The first-order valence-electron chi connectivity index (χ1n) is 10.9. The van der Waals surface area contributed by atoms with E-state index in [1.165, 1.54) is 4.90 Å². The molecule has 0 spiro atoms. The van der Waals surface area contributed by atoms with Crippen LogP contribution in [0.15, 0.2) is 48.5 Å². The van der Waals surface area contributed by atoms with E-state index in [0.29, 0.717) is 30.5 Å². The Morgan fingerprint density at radius 2 is 1.59 bits per heavy atom. The predicted molar refractivity (Wildman–Crippen MR) is 121 cm³/mol. The SMILES string of the molecule is CC[C@@H](C(=O)NC)N(Cc1ccc(C)cc1)C(=O)CCCN1C(=O)c2ccccc2C1=O. The molecule has 0 fully saturated rings. The Hall–Kier alpha value is -3.48. The molecule has 0 unspecified atom stereocenters. The van der Waals surface area contributed by atoms with Crippen LogP contribution in [0.1, 0.15) is 58.0 Å². The third-order valence-corrected chi connectivity index (χ3v) is 5.76. The molecular formula is C25H29N3O4. The van der Waals surface area contributed by atoms with Gasteiger partial charge in [-0.05, 0) is 37.5 Å². The average molecular weight is 436 g/mol. The van der Waals surface area contributed by atoms with Gasteiger partial charge in [-0.1, -0.05) is 48.9 Å². The van der Waals surface area contributed by atoms with E-state index in [2.05, 4.69) is 5.32 Å². The van der Waals surface area contributed by atoms with Gasteiger partial charge in [-0.3, -0.25) is 24.1 Å². The minimum Gasteiger partial charge on any atom is -0.357 e. The molecule has 32 heavy (non-hydrogen) atoms. The van der Waals surface area contributed by atoms with E-state index in [0.717, 1.165) is 11.1 Å². The monoisotopic (exact) mass is 435 g/mol. The number of nitrogens with zero attached hydrogens (tertiary/aromatic N) is 2. The molecule has 0 radical (unpaired) electrons. The van der Waals surface area contributed by atoms with Crippen molar-refractivity contribution < 1.29 is 19.2 Å². The Kier molecular flexibility index (Phi) is 7.41. The van der Waals surface area contributed by atoms with Crippen molar-refractivity contribution in [2.75, 3.05) is 13.6 Å². The number of benzene rings is 2. The summed E-state index contributed by atoms with van der Waals surface area (Å²) < 4.78 is 0. The molecule has 7 heteroatoms. The number of amides is 4. The Bertz CT molecular complexity index is 981. The third kappa shape index (κ3) is 4.88. The zero-order valence-corrected chi connectivity index (χ0v) is 18.8. The minimum absolute atomic E-state index is 0.132. The maximum atomic E-state index is 13.1. The van der Waals surface area contributed by atoms with Crippen LogP contribution in [-0.4, -0.2) is 53.1 Å². The number of carbonyl (C=O) groups excluding carboxylic acids is 4. The lowest BCUT2D eigenvalue weighted by Crippen LogP contribution is -2.48. The van der Waals surface area contributed by atoms with Gasteiger partial charge < -0.3 is 10.2 Å². The Morgan fingerprint density at radius 3 is 2.12 bits per heavy atom. The first-order chi connectivity index (χ1) is 15.4. The molecule has 0 aromatic heterocycles. The van der Waals surface area contributed by atoms with Gasteiger partial charge in [0.05, 0.1) is 11.1 Å². The van der Waals surface area contributed by atoms with E-state index in [-0.39, 0.29) is 36.6 Å². The summed E-state index contributed by atoms with van der Waals surface area (Å²) in [5.41, 5.74) is 2.85. The first-order valence-corrected chi connectivity index (χ1v) is 10.9. The topological polar surface area (TPSA) is 86.8 Å². The number of nitrogens with one attached hydrogen (secondary N) is 1. The molecule has 1 aliphatic heterocycles. The van der Waals surface area contributed by atoms with Gasteiger partial charge in [-0.2, -0.15) is 0 Å². The zero-order chi connectivity index (χ0) is 23.3. The molecule has 1 N–H and O–H groups in total. The Labute approximate surface area is 188 Å². The maximum Gasteiger partial charge on any atom is 0.261 e. The molecule has 1 atom stereocenters. The minimum atomic E-state index is -0.590. The van der Waals surface area contributed by atoms with Crippen molar-refractivity contribution in [1.29, 1.82) is 0 Å². The maximum absolute atomic E-state index is 13.1. The summed E-state index contributed by atoms with van der Waals surface area (Å²) in [7, 11) is 1.56. The summed E-state index contributed by atoms with van der Waals surface area (Å²) in [6.07, 6.45) is 0.946. The van der Waals surface area contributed by atoms with Gasteiger partial charge in [-0.15, -0.1) is 0 Å². The summed E-state index contributed by atoms with van der Waals surface area (Å²) in [6, 6.07) is 14.0. The summed E-state index contributed by atoms with van der Waals surface area (Å²) in [5.74, 6) is -1.05. The molecule has 2 aromatic carbocycles. The number of fused-ring (bicyclic) bond motifs is 1. The molecule has 0 saturated carbocycles. The van der Waals surface area contributed by atoms with Crippen LogP contribution in [0.5, 0.6) is 0 Å². The van der Waals surface area contributed by atoms with E-state index >= 15 is 0 Å². The van der Waals surface area contributed by atoms with Gasteiger partial charge in [0.2, 0.25) is 11.8 Å². The lowest BCUT2D eigenvalue weighted by molar-refractivity contribution is -0.141. The summed E-state index contributed by atoms with van der Waals surface area (Å²) in [4.78, 5) is 53.4. The summed E-state index contributed by atoms with van der Waals surface area (Å²) >= 11 is 0. The highest BCUT2D eigenvalue weighted by Crippen LogP contribution is 2.23. The van der Waals surface area contributed by atoms with Crippen LogP contribution >= 0.6 is 0 Å². The molecule has 1 aliphatic rings. The average Bonchev–Trinajstić information content (AvgIpc) is 3.05. The molecule has 0 aliphatic carbocycles. The third-order valence-electron chi connectivity index (χ3n) is 5.76. The molecular weight excluding hydrogens is 406 g/mol. The van der Waals surface area contributed by atoms with Crippen molar-refractivity contribution >= 4 is 23.6 Å². The van der Waals surface area contributed by atoms with E-state index in [4.69, 9.17) is 0 Å². The van der Waals surface area contributed by atoms with Crippen LogP contribution in [0.25, 0.3) is 0 Å². The van der Waals surface area contributed by atoms with Crippen LogP contribution in [0.3, 0.4) is 0 Å². The van der Waals surface area contributed by atoms with Crippen molar-refractivity contribution in [1.82, 2.24) is 15.1 Å². The summed E-state index contributed by atoms with van der Waals surface area (Å²) in [6.45, 7) is 4.34. The van der Waals surface area contributed by atoms with Crippen molar-refractivity contribution in [2.45, 2.75) is 45.7 Å². The fourth-order valence-electron chi connectivity index (χ4n) is 3.95. The molecule has 168 valence electrons. The van der Waals surface area contributed by atoms with E-state index in [1.54, 1.807) is 36.2 Å². The van der Waals surface area contributed by atoms with Gasteiger partial charge in [0, 0.05) is 26.6 Å². The number of imide groups is 1. The molecule has 3 rings (SSSR count). The summed E-state index contributed by atoms with van der Waals surface area (Å²) in [5, 5.41) is 2.64. The van der Waals surface area contributed by atoms with Crippen molar-refractivity contribution in [3.05, 3.63) is 70.8 Å². The Morgan fingerprint density at radius 1 is 1.00 bits per heavy atom. The molecule has 0 bridgehead atoms. The van der Waals surface area contributed by atoms with Gasteiger partial charge in [0.25, 0.3) is 11.8 Å². The normalized spacial score (nSPS) is 13.7. The van der Waals surface area contributed by atoms with Gasteiger partial charge in [-0.25, -0.2) is 0 Å². The number of aryl methyl sites for hydroxylation is 1. The lowest BCUT2D eigenvalue weighted by atomic mass is 10.1. The fraction of sp³-hybridized carbons (Fsp3) is 0.360. The van der Waals surface area contributed by atoms with Crippen LogP contribution in [0, 0.1) is 6.92 Å². The smallest absolute Gasteiger partial charge is 0.261 e. The predicted octanol–water partition coefficient (Wildman–Crippen LogP) is 2.92. The van der Waals surface area contributed by atoms with Gasteiger partial charge in [0.1, 0.15) is 6.04 Å². The standard InChI is InChI=1S/C25H29N3O4/c1-4-21(23(30)26-3)28(16-18-13-11-17(2)12-14-18)22(29)10-7-15-27-24(31)19-8-5-6-9-20(19)25(27)32/h5-6,8-9,11-14,21H,4,7,10,15-16H2,1-3H3,(H,26,30)/t21-/m0/s1. The zero-order valence-electron chi connectivity index (χ0n) is 18.8. The van der Waals surface area contributed by atoms with E-state index in [9.17, 15) is 19.2 Å². The highest BCUT2D eigenvalue weighted by Gasteiger charge is 2.35. The lowest BCUT2D eigenvalue weighted by Gasteiger charge is -2.30. The molecule has 1 heterocycles. The van der Waals surface area contributed by atoms with Crippen molar-refractivity contribution in [2.24, 2.45) is 0 Å². The molecule has 2 aromatic rings. The Balaban J connectivity index is 1.68. The number of hydrogen-bond acceptors (Lipinski definition) is 4. The molecule has 7 nitrogen and oxygen atoms in total. The second-order valence-electron chi connectivity index (χ2n) is 7.96. The molecule has 0 saturated heterocycles. The second-order valence-corrected chi connectivity index (χ2v) is 7.96. The van der Waals surface area contributed by atoms with E-state index in [1.807, 2.05) is 38.1 Å². The highest BCUT2D eigenvalue weighted by atomic mass is 16.2. The largest absolute Gasteiger partial charge is 0.357 e. The van der Waals surface area contributed by atoms with Crippen LogP contribution in [-0.2, 0) is 16.1 Å². The fourth-order valence-corrected chi connectivity index (χ4v) is 3.95. The number of likely N-dealkylation sites (N-methyl/N-ethyl adjacent to an activating group) is 1. The van der Waals surface area contributed by atoms with Crippen molar-refractivity contribution in [3.63, 3.8) is 0 Å². The van der Waals surface area contributed by atoms with Crippen LogP contribution in [0.2, 0.25) is 0 Å². The van der Waals surface area contributed by atoms with Crippen LogP contribution in [0.4, 0.5) is 0 Å². The van der Waals surface area contributed by atoms with Crippen LogP contribution < -0.4 is 5.32 Å². The van der Waals surface area contributed by atoms with Gasteiger partial charge in [0.15, 0.2) is 0 Å². The van der Waals surface area contributed by atoms with Gasteiger partial charge >= 0.3 is 0 Å². The molecule has 4 amide bonds.